The average molecular weight is 375 g/mol. The summed E-state index contributed by atoms with van der Waals surface area (Å²) in [4.78, 5) is 23.6. The molecule has 0 fully saturated rings. The molecule has 0 aliphatic rings. The van der Waals surface area contributed by atoms with Gasteiger partial charge in [-0.3, -0.25) is 9.59 Å². The van der Waals surface area contributed by atoms with Crippen LogP contribution in [0.2, 0.25) is 0 Å². The SMILES string of the molecule is O=C(Cn1cccc(C(F)(F)F)c1=O)Nc1cccc(Br)c1. The number of carbonyl (C=O) groups excluding carboxylic acids is 1. The fraction of sp³-hybridized carbons (Fsp3) is 0.143. The van der Waals surface area contributed by atoms with Crippen molar-refractivity contribution in [2.24, 2.45) is 0 Å². The van der Waals surface area contributed by atoms with Crippen LogP contribution in [-0.2, 0) is 17.5 Å². The molecule has 1 heterocycles. The van der Waals surface area contributed by atoms with Crippen LogP contribution < -0.4 is 10.9 Å². The van der Waals surface area contributed by atoms with Gasteiger partial charge >= 0.3 is 6.18 Å². The highest BCUT2D eigenvalue weighted by Crippen LogP contribution is 2.26. The second kappa shape index (κ2) is 6.35. The Morgan fingerprint density at radius 3 is 2.59 bits per heavy atom. The molecule has 22 heavy (non-hydrogen) atoms. The largest absolute Gasteiger partial charge is 0.421 e. The first-order valence-corrected chi connectivity index (χ1v) is 6.89. The fourth-order valence-electron chi connectivity index (χ4n) is 1.80. The number of hydrogen-bond donors (Lipinski definition) is 1. The summed E-state index contributed by atoms with van der Waals surface area (Å²) in [6.07, 6.45) is -3.61. The van der Waals surface area contributed by atoms with Gasteiger partial charge in [0, 0.05) is 16.4 Å². The van der Waals surface area contributed by atoms with Crippen molar-refractivity contribution < 1.29 is 18.0 Å². The zero-order valence-electron chi connectivity index (χ0n) is 11.0. The van der Waals surface area contributed by atoms with E-state index in [1.807, 2.05) is 0 Å². The maximum absolute atomic E-state index is 12.6. The zero-order chi connectivity index (χ0) is 16.3. The predicted molar refractivity (Wildman–Crippen MR) is 78.5 cm³/mol. The Morgan fingerprint density at radius 2 is 1.95 bits per heavy atom. The van der Waals surface area contributed by atoms with Gasteiger partial charge in [-0.05, 0) is 30.3 Å². The third-order valence-electron chi connectivity index (χ3n) is 2.75. The first-order chi connectivity index (χ1) is 10.3. The third-order valence-corrected chi connectivity index (χ3v) is 3.24. The van der Waals surface area contributed by atoms with E-state index in [0.717, 1.165) is 21.3 Å². The molecule has 2 rings (SSSR count). The lowest BCUT2D eigenvalue weighted by atomic mass is 10.2. The van der Waals surface area contributed by atoms with Crippen LogP contribution in [0.15, 0.2) is 51.9 Å². The van der Waals surface area contributed by atoms with Gasteiger partial charge in [-0.2, -0.15) is 13.2 Å². The van der Waals surface area contributed by atoms with E-state index in [0.29, 0.717) is 11.8 Å². The minimum Gasteiger partial charge on any atom is -0.324 e. The third kappa shape index (κ3) is 3.97. The Kier molecular flexibility index (Phi) is 4.70. The summed E-state index contributed by atoms with van der Waals surface area (Å²) in [6, 6.07) is 8.47. The molecule has 0 saturated carbocycles. The summed E-state index contributed by atoms with van der Waals surface area (Å²) in [6.45, 7) is -0.505. The zero-order valence-corrected chi connectivity index (χ0v) is 12.6. The van der Waals surface area contributed by atoms with Crippen LogP contribution in [0.4, 0.5) is 18.9 Å². The van der Waals surface area contributed by atoms with Crippen LogP contribution in [0.3, 0.4) is 0 Å². The van der Waals surface area contributed by atoms with Crippen molar-refractivity contribution in [2.75, 3.05) is 5.32 Å². The molecule has 2 aromatic rings. The van der Waals surface area contributed by atoms with Gasteiger partial charge in [0.25, 0.3) is 5.56 Å². The van der Waals surface area contributed by atoms with Gasteiger partial charge in [-0.25, -0.2) is 0 Å². The maximum atomic E-state index is 12.6. The van der Waals surface area contributed by atoms with Crippen LogP contribution in [0, 0.1) is 0 Å². The lowest BCUT2D eigenvalue weighted by molar-refractivity contribution is -0.139. The van der Waals surface area contributed by atoms with Crippen molar-refractivity contribution in [1.29, 1.82) is 0 Å². The summed E-state index contributed by atoms with van der Waals surface area (Å²) in [5.74, 6) is -0.598. The van der Waals surface area contributed by atoms with E-state index >= 15 is 0 Å². The van der Waals surface area contributed by atoms with Crippen LogP contribution in [0.1, 0.15) is 5.56 Å². The van der Waals surface area contributed by atoms with Gasteiger partial charge in [0.15, 0.2) is 0 Å². The Balaban J connectivity index is 2.17. The number of pyridine rings is 1. The van der Waals surface area contributed by atoms with Gasteiger partial charge in [-0.15, -0.1) is 0 Å². The molecular weight excluding hydrogens is 365 g/mol. The second-order valence-electron chi connectivity index (χ2n) is 4.41. The van der Waals surface area contributed by atoms with Gasteiger partial charge < -0.3 is 9.88 Å². The lowest BCUT2D eigenvalue weighted by Crippen LogP contribution is -2.31. The van der Waals surface area contributed by atoms with Crippen LogP contribution in [0.5, 0.6) is 0 Å². The Labute approximate surface area is 131 Å². The van der Waals surface area contributed by atoms with E-state index in [4.69, 9.17) is 0 Å². The normalized spacial score (nSPS) is 11.3. The predicted octanol–water partition coefficient (Wildman–Crippen LogP) is 3.27. The minimum atomic E-state index is -4.75. The van der Waals surface area contributed by atoms with Crippen molar-refractivity contribution in [3.8, 4) is 0 Å². The number of benzene rings is 1. The van der Waals surface area contributed by atoms with Gasteiger partial charge in [-0.1, -0.05) is 22.0 Å². The molecule has 0 atom stereocenters. The highest BCUT2D eigenvalue weighted by molar-refractivity contribution is 9.10. The average Bonchev–Trinajstić information content (AvgIpc) is 2.39. The van der Waals surface area contributed by atoms with Gasteiger partial charge in [0.2, 0.25) is 5.91 Å². The lowest BCUT2D eigenvalue weighted by Gasteiger charge is -2.10. The summed E-state index contributed by atoms with van der Waals surface area (Å²) >= 11 is 3.23. The number of anilines is 1. The molecule has 0 aliphatic carbocycles. The van der Waals surface area contributed by atoms with E-state index in [9.17, 15) is 22.8 Å². The quantitative estimate of drug-likeness (QED) is 0.896. The number of nitrogens with zero attached hydrogens (tertiary/aromatic N) is 1. The van der Waals surface area contributed by atoms with Crippen molar-refractivity contribution in [2.45, 2.75) is 12.7 Å². The number of alkyl halides is 3. The molecule has 1 aromatic carbocycles. The molecule has 8 heteroatoms. The van der Waals surface area contributed by atoms with Crippen molar-refractivity contribution >= 4 is 27.5 Å². The summed E-state index contributed by atoms with van der Waals surface area (Å²) in [5.41, 5.74) is -2.08. The van der Waals surface area contributed by atoms with E-state index < -0.39 is 29.8 Å². The van der Waals surface area contributed by atoms with Crippen molar-refractivity contribution in [3.05, 3.63) is 63.0 Å². The number of aromatic nitrogens is 1. The maximum Gasteiger partial charge on any atom is 0.421 e. The molecule has 0 radical (unpaired) electrons. The summed E-state index contributed by atoms with van der Waals surface area (Å²) < 4.78 is 39.4. The molecule has 1 aromatic heterocycles. The smallest absolute Gasteiger partial charge is 0.324 e. The van der Waals surface area contributed by atoms with Crippen LogP contribution >= 0.6 is 15.9 Å². The molecule has 0 aliphatic heterocycles. The topological polar surface area (TPSA) is 51.1 Å². The number of carbonyl (C=O) groups is 1. The molecule has 116 valence electrons. The molecule has 0 spiro atoms. The van der Waals surface area contributed by atoms with E-state index in [2.05, 4.69) is 21.2 Å². The highest BCUT2D eigenvalue weighted by atomic mass is 79.9. The number of hydrogen-bond acceptors (Lipinski definition) is 2. The van der Waals surface area contributed by atoms with E-state index in [1.54, 1.807) is 24.3 Å². The van der Waals surface area contributed by atoms with Gasteiger partial charge in [0.05, 0.1) is 0 Å². The Bertz CT molecular complexity index is 756. The van der Waals surface area contributed by atoms with Crippen LogP contribution in [0.25, 0.3) is 0 Å². The van der Waals surface area contributed by atoms with E-state index in [-0.39, 0.29) is 0 Å². The molecule has 0 bridgehead atoms. The summed E-state index contributed by atoms with van der Waals surface area (Å²) in [5, 5.41) is 2.51. The molecule has 0 unspecified atom stereocenters. The number of amides is 1. The highest BCUT2D eigenvalue weighted by Gasteiger charge is 2.34. The molecule has 1 N–H and O–H groups in total. The minimum absolute atomic E-state index is 0.472. The van der Waals surface area contributed by atoms with E-state index in [1.165, 1.54) is 0 Å². The fourth-order valence-corrected chi connectivity index (χ4v) is 2.20. The monoisotopic (exact) mass is 374 g/mol. The Hall–Kier alpha value is -2.09. The molecule has 4 nitrogen and oxygen atoms in total. The van der Waals surface area contributed by atoms with Crippen molar-refractivity contribution in [3.63, 3.8) is 0 Å². The van der Waals surface area contributed by atoms with Crippen molar-refractivity contribution in [1.82, 2.24) is 4.57 Å². The van der Waals surface area contributed by atoms with Crippen LogP contribution in [-0.4, -0.2) is 10.5 Å². The standard InChI is InChI=1S/C14H10BrF3N2O2/c15-9-3-1-4-10(7-9)19-12(21)8-20-6-2-5-11(13(20)22)14(16,17)18/h1-7H,8H2,(H,19,21). The first-order valence-electron chi connectivity index (χ1n) is 6.09. The Morgan fingerprint density at radius 1 is 1.23 bits per heavy atom. The number of rotatable bonds is 3. The summed E-state index contributed by atoms with van der Waals surface area (Å²) in [7, 11) is 0. The molecule has 0 saturated heterocycles. The first kappa shape index (κ1) is 16.3. The number of nitrogens with one attached hydrogen (secondary N) is 1. The second-order valence-corrected chi connectivity index (χ2v) is 5.33. The number of halogens is 4. The molecular formula is C14H10BrF3N2O2. The van der Waals surface area contributed by atoms with Gasteiger partial charge in [0.1, 0.15) is 12.1 Å². The molecule has 1 amide bonds.